The van der Waals surface area contributed by atoms with E-state index < -0.39 is 0 Å². The highest BCUT2D eigenvalue weighted by Crippen LogP contribution is 2.35. The van der Waals surface area contributed by atoms with Crippen molar-refractivity contribution >= 4 is 45.7 Å². The number of carbonyl (C=O) groups is 1. The molecule has 1 saturated heterocycles. The summed E-state index contributed by atoms with van der Waals surface area (Å²) in [6, 6.07) is 17.1. The van der Waals surface area contributed by atoms with E-state index >= 15 is 0 Å². The lowest BCUT2D eigenvalue weighted by Crippen LogP contribution is -2.26. The molecule has 1 atom stereocenters. The summed E-state index contributed by atoms with van der Waals surface area (Å²) in [5.41, 5.74) is 3.88. The Hall–Kier alpha value is -3.06. The van der Waals surface area contributed by atoms with Crippen molar-refractivity contribution in [3.8, 4) is 17.0 Å². The molecule has 5 rings (SSSR count). The minimum absolute atomic E-state index is 0.0477. The third-order valence-electron chi connectivity index (χ3n) is 6.54. The second-order valence-corrected chi connectivity index (χ2v) is 9.98. The van der Waals surface area contributed by atoms with Gasteiger partial charge in [0, 0.05) is 29.1 Å². The van der Waals surface area contributed by atoms with Gasteiger partial charge in [-0.1, -0.05) is 35.3 Å². The normalized spacial score (nSPS) is 15.6. The molecule has 0 spiro atoms. The van der Waals surface area contributed by atoms with Crippen molar-refractivity contribution in [2.24, 2.45) is 0 Å². The number of H-pyrrole nitrogens is 1. The highest BCUT2D eigenvalue weighted by molar-refractivity contribution is 6.35. The molecule has 0 bridgehead atoms. The van der Waals surface area contributed by atoms with Crippen LogP contribution in [0.1, 0.15) is 31.2 Å². The van der Waals surface area contributed by atoms with Gasteiger partial charge < -0.3 is 19.8 Å². The molecule has 1 aromatic heterocycles. The van der Waals surface area contributed by atoms with E-state index in [0.29, 0.717) is 34.5 Å². The molecular weight excluding hydrogens is 514 g/mol. The number of hydrogen-bond donors (Lipinski definition) is 2. The second kappa shape index (κ2) is 11.5. The molecule has 2 heterocycles. The van der Waals surface area contributed by atoms with Crippen LogP contribution >= 0.6 is 23.2 Å². The van der Waals surface area contributed by atoms with Gasteiger partial charge in [-0.15, -0.1) is 0 Å². The summed E-state index contributed by atoms with van der Waals surface area (Å²) in [5.74, 6) is 0.0636. The topological polar surface area (TPSA) is 63.4 Å². The highest BCUT2D eigenvalue weighted by Gasteiger charge is 2.18. The molecule has 192 valence electrons. The zero-order valence-corrected chi connectivity index (χ0v) is 21.7. The molecule has 2 N–H and O–H groups in total. The maximum Gasteiger partial charge on any atom is 0.224 e. The number of aryl methyl sites for hydroxylation is 1. The van der Waals surface area contributed by atoms with Crippen molar-refractivity contribution in [1.82, 2.24) is 4.98 Å². The van der Waals surface area contributed by atoms with E-state index in [9.17, 15) is 9.18 Å². The lowest BCUT2D eigenvalue weighted by atomic mass is 10.0. The molecule has 1 aliphatic heterocycles. The number of aromatic amines is 1. The largest absolute Gasteiger partial charge is 0.489 e. The number of ether oxygens (including phenoxy) is 2. The number of anilines is 1. The molecule has 5 nitrogen and oxygen atoms in total. The van der Waals surface area contributed by atoms with Crippen LogP contribution in [-0.4, -0.2) is 30.2 Å². The zero-order valence-electron chi connectivity index (χ0n) is 20.2. The Balaban J connectivity index is 1.33. The Morgan fingerprint density at radius 3 is 2.73 bits per heavy atom. The molecule has 8 heteroatoms. The van der Waals surface area contributed by atoms with Crippen molar-refractivity contribution in [3.63, 3.8) is 0 Å². The number of benzene rings is 3. The molecule has 4 aromatic rings. The van der Waals surface area contributed by atoms with Gasteiger partial charge in [0.2, 0.25) is 5.91 Å². The Morgan fingerprint density at radius 2 is 1.95 bits per heavy atom. The highest BCUT2D eigenvalue weighted by atomic mass is 35.5. The number of halogens is 3. The fourth-order valence-corrected chi connectivity index (χ4v) is 5.05. The van der Waals surface area contributed by atoms with Gasteiger partial charge in [0.05, 0.1) is 22.3 Å². The first-order valence-corrected chi connectivity index (χ1v) is 13.1. The molecule has 1 aliphatic rings. The van der Waals surface area contributed by atoms with Gasteiger partial charge in [0.15, 0.2) is 0 Å². The van der Waals surface area contributed by atoms with Crippen molar-refractivity contribution in [3.05, 3.63) is 82.1 Å². The van der Waals surface area contributed by atoms with Crippen molar-refractivity contribution < 1.29 is 18.7 Å². The number of rotatable bonds is 8. The van der Waals surface area contributed by atoms with Gasteiger partial charge in [0.1, 0.15) is 18.2 Å². The first kappa shape index (κ1) is 25.6. The van der Waals surface area contributed by atoms with Crippen molar-refractivity contribution in [2.75, 3.05) is 18.5 Å². The monoisotopic (exact) mass is 540 g/mol. The van der Waals surface area contributed by atoms with Gasteiger partial charge in [-0.3, -0.25) is 4.79 Å². The summed E-state index contributed by atoms with van der Waals surface area (Å²) in [6.07, 6.45) is 3.87. The van der Waals surface area contributed by atoms with E-state index in [-0.39, 0.29) is 24.2 Å². The first-order chi connectivity index (χ1) is 18.0. The van der Waals surface area contributed by atoms with Gasteiger partial charge in [-0.05, 0) is 85.3 Å². The molecule has 0 saturated carbocycles. The van der Waals surface area contributed by atoms with Crippen LogP contribution in [0.2, 0.25) is 10.0 Å². The van der Waals surface area contributed by atoms with E-state index in [4.69, 9.17) is 32.7 Å². The average Bonchev–Trinajstić information content (AvgIpc) is 3.28. The molecule has 1 amide bonds. The summed E-state index contributed by atoms with van der Waals surface area (Å²) in [5, 5.41) is 4.97. The van der Waals surface area contributed by atoms with Crippen LogP contribution in [0.3, 0.4) is 0 Å². The SMILES string of the molecule is O=C(CCc1c(-c2ccc(F)cc2)[nH]c2c(Cl)cccc12)Nc1cc(Cl)ccc1OCC1CCCCO1. The molecule has 37 heavy (non-hydrogen) atoms. The van der Waals surface area contributed by atoms with Crippen LogP contribution in [0.25, 0.3) is 22.2 Å². The van der Waals surface area contributed by atoms with Crippen LogP contribution in [0.4, 0.5) is 10.1 Å². The quantitative estimate of drug-likeness (QED) is 0.239. The maximum absolute atomic E-state index is 13.5. The number of carbonyl (C=O) groups excluding carboxylic acids is 1. The van der Waals surface area contributed by atoms with Gasteiger partial charge in [-0.25, -0.2) is 4.39 Å². The van der Waals surface area contributed by atoms with Crippen LogP contribution in [0.15, 0.2) is 60.7 Å². The summed E-state index contributed by atoms with van der Waals surface area (Å²) >= 11 is 12.6. The van der Waals surface area contributed by atoms with Crippen LogP contribution in [-0.2, 0) is 16.0 Å². The summed E-state index contributed by atoms with van der Waals surface area (Å²) < 4.78 is 25.3. The van der Waals surface area contributed by atoms with Crippen molar-refractivity contribution in [2.45, 2.75) is 38.2 Å². The molecule has 3 aromatic carbocycles. The predicted molar refractivity (Wildman–Crippen MR) is 146 cm³/mol. The van der Waals surface area contributed by atoms with Crippen LogP contribution in [0, 0.1) is 5.82 Å². The first-order valence-electron chi connectivity index (χ1n) is 12.4. The number of fused-ring (bicyclic) bond motifs is 1. The molecule has 1 unspecified atom stereocenters. The Bertz CT molecular complexity index is 1400. The standard InChI is InChI=1S/C29H27Cl2FN2O3/c30-19-9-13-26(37-17-21-4-1-2-15-36-21)25(16-19)33-27(35)14-12-23-22-5-3-6-24(31)29(22)34-28(23)18-7-10-20(32)11-8-18/h3,5-11,13,16,21,34H,1-2,4,12,14-15,17H2,(H,33,35). The van der Waals surface area contributed by atoms with E-state index in [1.807, 2.05) is 18.2 Å². The fraction of sp³-hybridized carbons (Fsp3) is 0.276. The van der Waals surface area contributed by atoms with E-state index in [0.717, 1.165) is 53.6 Å². The number of amides is 1. The minimum atomic E-state index is -0.312. The third kappa shape index (κ3) is 6.09. The van der Waals surface area contributed by atoms with Crippen LogP contribution < -0.4 is 10.1 Å². The maximum atomic E-state index is 13.5. The lowest BCUT2D eigenvalue weighted by molar-refractivity contribution is -0.116. The lowest BCUT2D eigenvalue weighted by Gasteiger charge is -2.23. The fourth-order valence-electron chi connectivity index (χ4n) is 4.66. The molecule has 1 fully saturated rings. The number of aromatic nitrogens is 1. The Morgan fingerprint density at radius 1 is 1.11 bits per heavy atom. The van der Waals surface area contributed by atoms with Gasteiger partial charge in [-0.2, -0.15) is 0 Å². The van der Waals surface area contributed by atoms with E-state index in [2.05, 4.69) is 10.3 Å². The smallest absolute Gasteiger partial charge is 0.224 e. The van der Waals surface area contributed by atoms with Crippen LogP contribution in [0.5, 0.6) is 5.75 Å². The number of hydrogen-bond acceptors (Lipinski definition) is 3. The Kier molecular flexibility index (Phi) is 7.99. The second-order valence-electron chi connectivity index (χ2n) is 9.14. The number of para-hydroxylation sites is 1. The summed E-state index contributed by atoms with van der Waals surface area (Å²) in [7, 11) is 0. The molecular formula is C29H27Cl2FN2O3. The van der Waals surface area contributed by atoms with Gasteiger partial charge in [0.25, 0.3) is 0 Å². The van der Waals surface area contributed by atoms with E-state index in [1.165, 1.54) is 12.1 Å². The van der Waals surface area contributed by atoms with E-state index in [1.54, 1.807) is 30.3 Å². The predicted octanol–water partition coefficient (Wildman–Crippen LogP) is 7.80. The third-order valence-corrected chi connectivity index (χ3v) is 7.09. The number of nitrogens with one attached hydrogen (secondary N) is 2. The molecule has 0 aliphatic carbocycles. The Labute approximate surface area is 224 Å². The van der Waals surface area contributed by atoms with Crippen molar-refractivity contribution in [1.29, 1.82) is 0 Å². The average molecular weight is 541 g/mol. The summed E-state index contributed by atoms with van der Waals surface area (Å²) in [6.45, 7) is 1.17. The minimum Gasteiger partial charge on any atom is -0.489 e. The summed E-state index contributed by atoms with van der Waals surface area (Å²) in [4.78, 5) is 16.4. The molecule has 0 radical (unpaired) electrons. The zero-order chi connectivity index (χ0) is 25.8. The van der Waals surface area contributed by atoms with Gasteiger partial charge >= 0.3 is 0 Å².